The average Bonchev–Trinajstić information content (AvgIpc) is 2.73. The number of hydrogen-bond acceptors (Lipinski definition) is 8. The molecule has 0 fully saturated rings. The number of hydrogen-bond donors (Lipinski definition) is 2. The van der Waals surface area contributed by atoms with Crippen molar-refractivity contribution in [1.29, 1.82) is 0 Å². The lowest BCUT2D eigenvalue weighted by molar-refractivity contribution is 0.0592. The largest absolute Gasteiger partial charge is 0.465 e. The molecule has 0 heterocycles. The number of methoxy groups -OCH3 is 2. The highest BCUT2D eigenvalue weighted by Crippen LogP contribution is 2.09. The fourth-order valence-electron chi connectivity index (χ4n) is 1.88. The molecule has 9 heteroatoms. The van der Waals surface area contributed by atoms with Gasteiger partial charge in [-0.2, -0.15) is 0 Å². The van der Waals surface area contributed by atoms with E-state index in [2.05, 4.69) is 19.8 Å². The predicted octanol–water partition coefficient (Wildman–Crippen LogP) is 3.13. The van der Waals surface area contributed by atoms with E-state index in [9.17, 15) is 9.59 Å². The number of oxime groups is 2. The third-order valence-electron chi connectivity index (χ3n) is 3.12. The van der Waals surface area contributed by atoms with E-state index in [1.54, 1.807) is 42.5 Å². The SMILES string of the molecule is COC(=O)c1cccc(/C(Cl)=N/O)c1.COC(=O)c1cccc(/C=N/O)c1. The van der Waals surface area contributed by atoms with Crippen LogP contribution in [-0.4, -0.2) is 48.0 Å². The van der Waals surface area contributed by atoms with Crippen molar-refractivity contribution >= 4 is 34.9 Å². The average molecular weight is 393 g/mol. The Bertz CT molecular complexity index is 851. The molecule has 2 rings (SSSR count). The van der Waals surface area contributed by atoms with Crippen LogP contribution in [0.2, 0.25) is 0 Å². The summed E-state index contributed by atoms with van der Waals surface area (Å²) >= 11 is 5.56. The number of rotatable bonds is 4. The second-order valence-electron chi connectivity index (χ2n) is 4.82. The number of halogens is 1. The number of esters is 2. The quantitative estimate of drug-likeness (QED) is 0.357. The maximum atomic E-state index is 11.1. The number of benzene rings is 2. The second-order valence-corrected chi connectivity index (χ2v) is 5.18. The molecule has 142 valence electrons. The van der Waals surface area contributed by atoms with Gasteiger partial charge in [-0.25, -0.2) is 9.59 Å². The molecule has 0 aliphatic rings. The van der Waals surface area contributed by atoms with Crippen LogP contribution in [0.3, 0.4) is 0 Å². The lowest BCUT2D eigenvalue weighted by Gasteiger charge is -2.00. The van der Waals surface area contributed by atoms with Crippen LogP contribution in [0, 0.1) is 0 Å². The molecule has 0 atom stereocenters. The molecule has 0 amide bonds. The van der Waals surface area contributed by atoms with Crippen molar-refractivity contribution in [3.63, 3.8) is 0 Å². The lowest BCUT2D eigenvalue weighted by atomic mass is 10.1. The van der Waals surface area contributed by atoms with Gasteiger partial charge in [0.05, 0.1) is 31.6 Å². The smallest absolute Gasteiger partial charge is 0.337 e. The van der Waals surface area contributed by atoms with Gasteiger partial charge in [0.1, 0.15) is 0 Å². The minimum absolute atomic E-state index is 0.0734. The zero-order chi connectivity index (χ0) is 20.2. The van der Waals surface area contributed by atoms with E-state index in [0.717, 1.165) is 0 Å². The summed E-state index contributed by atoms with van der Waals surface area (Å²) in [6.45, 7) is 0. The Balaban J connectivity index is 0.000000271. The summed E-state index contributed by atoms with van der Waals surface area (Å²) in [6.07, 6.45) is 1.24. The highest BCUT2D eigenvalue weighted by molar-refractivity contribution is 6.69. The van der Waals surface area contributed by atoms with Crippen LogP contribution >= 0.6 is 11.6 Å². The van der Waals surface area contributed by atoms with E-state index in [1.165, 1.54) is 26.5 Å². The van der Waals surface area contributed by atoms with Gasteiger partial charge in [-0.05, 0) is 29.8 Å². The fraction of sp³-hybridized carbons (Fsp3) is 0.111. The van der Waals surface area contributed by atoms with Crippen molar-refractivity contribution in [3.8, 4) is 0 Å². The van der Waals surface area contributed by atoms with Crippen LogP contribution in [0.1, 0.15) is 31.8 Å². The minimum atomic E-state index is -0.464. The summed E-state index contributed by atoms with van der Waals surface area (Å²) < 4.78 is 9.04. The first-order valence-electron chi connectivity index (χ1n) is 7.39. The third-order valence-corrected chi connectivity index (χ3v) is 3.42. The summed E-state index contributed by atoms with van der Waals surface area (Å²) in [6, 6.07) is 12.9. The lowest BCUT2D eigenvalue weighted by Crippen LogP contribution is -2.02. The topological polar surface area (TPSA) is 118 Å². The van der Waals surface area contributed by atoms with Crippen LogP contribution in [0.25, 0.3) is 0 Å². The van der Waals surface area contributed by atoms with Gasteiger partial charge in [0.2, 0.25) is 0 Å². The molecule has 2 aromatic rings. The molecular formula is C18H17ClN2O6. The van der Waals surface area contributed by atoms with Crippen LogP contribution in [0.5, 0.6) is 0 Å². The van der Waals surface area contributed by atoms with Crippen molar-refractivity contribution in [2.24, 2.45) is 10.3 Å². The zero-order valence-electron chi connectivity index (χ0n) is 14.5. The maximum absolute atomic E-state index is 11.1. The molecule has 2 N–H and O–H groups in total. The highest BCUT2D eigenvalue weighted by atomic mass is 35.5. The van der Waals surface area contributed by atoms with E-state index < -0.39 is 11.9 Å². The van der Waals surface area contributed by atoms with E-state index in [-0.39, 0.29) is 5.17 Å². The molecule has 27 heavy (non-hydrogen) atoms. The van der Waals surface area contributed by atoms with Gasteiger partial charge >= 0.3 is 11.9 Å². The first kappa shape index (κ1) is 21.7. The van der Waals surface area contributed by atoms with Gasteiger partial charge < -0.3 is 19.9 Å². The van der Waals surface area contributed by atoms with Gasteiger partial charge in [-0.3, -0.25) is 0 Å². The molecule has 0 aliphatic carbocycles. The summed E-state index contributed by atoms with van der Waals surface area (Å²) in [4.78, 5) is 22.1. The molecule has 0 spiro atoms. The first-order chi connectivity index (χ1) is 13.0. The Morgan fingerprint density at radius 2 is 1.44 bits per heavy atom. The third kappa shape index (κ3) is 6.79. The van der Waals surface area contributed by atoms with Gasteiger partial charge in [0.15, 0.2) is 5.17 Å². The van der Waals surface area contributed by atoms with Crippen LogP contribution in [-0.2, 0) is 9.47 Å². The molecule has 0 saturated heterocycles. The van der Waals surface area contributed by atoms with Gasteiger partial charge in [0, 0.05) is 5.56 Å². The Hall–Kier alpha value is -3.39. The monoisotopic (exact) mass is 392 g/mol. The van der Waals surface area contributed by atoms with E-state index >= 15 is 0 Å². The molecule has 0 saturated carbocycles. The number of carbonyl (C=O) groups excluding carboxylic acids is 2. The fourth-order valence-corrected chi connectivity index (χ4v) is 2.00. The second kappa shape index (κ2) is 11.3. The summed E-state index contributed by atoms with van der Waals surface area (Å²) in [7, 11) is 2.60. The van der Waals surface area contributed by atoms with Gasteiger partial charge in [0.25, 0.3) is 0 Å². The summed E-state index contributed by atoms with van der Waals surface area (Å²) in [5.74, 6) is -0.873. The predicted molar refractivity (Wildman–Crippen MR) is 99.1 cm³/mol. The van der Waals surface area contributed by atoms with Crippen LogP contribution in [0.4, 0.5) is 0 Å². The Morgan fingerprint density at radius 1 is 0.926 bits per heavy atom. The molecule has 8 nitrogen and oxygen atoms in total. The number of nitrogens with zero attached hydrogens (tertiary/aromatic N) is 2. The Labute approximate surface area is 160 Å². The molecule has 2 aromatic carbocycles. The number of ether oxygens (including phenoxy) is 2. The Morgan fingerprint density at radius 3 is 1.96 bits per heavy atom. The zero-order valence-corrected chi connectivity index (χ0v) is 15.3. The Kier molecular flexibility index (Phi) is 9.04. The molecule has 0 bridgehead atoms. The maximum Gasteiger partial charge on any atom is 0.337 e. The highest BCUT2D eigenvalue weighted by Gasteiger charge is 2.07. The van der Waals surface area contributed by atoms with Gasteiger partial charge in [-0.1, -0.05) is 46.2 Å². The molecule has 0 unspecified atom stereocenters. The molecular weight excluding hydrogens is 376 g/mol. The summed E-state index contributed by atoms with van der Waals surface area (Å²) in [5.41, 5.74) is 1.88. The molecule has 0 aromatic heterocycles. The molecule has 0 aliphatic heterocycles. The summed E-state index contributed by atoms with van der Waals surface area (Å²) in [5, 5.41) is 22.3. The van der Waals surface area contributed by atoms with E-state index in [0.29, 0.717) is 22.3 Å². The van der Waals surface area contributed by atoms with Crippen molar-refractivity contribution in [3.05, 3.63) is 70.8 Å². The van der Waals surface area contributed by atoms with Crippen LogP contribution < -0.4 is 0 Å². The van der Waals surface area contributed by atoms with Crippen molar-refractivity contribution in [1.82, 2.24) is 0 Å². The first-order valence-corrected chi connectivity index (χ1v) is 7.76. The number of carbonyl (C=O) groups is 2. The standard InChI is InChI=1S/C9H8ClNO3.C9H9NO3/c1-14-9(12)7-4-2-3-6(5-7)8(10)11-13;1-13-9(11)8-4-2-3-7(5-8)6-10-12/h2-5,13H,1H3;2-6,12H,1H3/b11-8-;10-6+. The normalized spacial score (nSPS) is 10.7. The van der Waals surface area contributed by atoms with Gasteiger partial charge in [-0.15, -0.1) is 0 Å². The van der Waals surface area contributed by atoms with Crippen LogP contribution in [0.15, 0.2) is 58.8 Å². The van der Waals surface area contributed by atoms with Crippen molar-refractivity contribution in [2.45, 2.75) is 0 Å². The van der Waals surface area contributed by atoms with Crippen molar-refractivity contribution in [2.75, 3.05) is 14.2 Å². The van der Waals surface area contributed by atoms with E-state index in [4.69, 9.17) is 22.0 Å². The van der Waals surface area contributed by atoms with E-state index in [1.807, 2.05) is 0 Å². The molecule has 0 radical (unpaired) electrons. The van der Waals surface area contributed by atoms with Crippen molar-refractivity contribution < 1.29 is 29.5 Å². The minimum Gasteiger partial charge on any atom is -0.465 e.